The molecule has 0 radical (unpaired) electrons. The topological polar surface area (TPSA) is 63.2 Å². The lowest BCUT2D eigenvalue weighted by Crippen LogP contribution is -2.68. The van der Waals surface area contributed by atoms with E-state index in [-0.39, 0.29) is 28.4 Å². The van der Waals surface area contributed by atoms with E-state index >= 15 is 0 Å². The predicted molar refractivity (Wildman–Crippen MR) is 147 cm³/mol. The van der Waals surface area contributed by atoms with Crippen molar-refractivity contribution >= 4 is 5.97 Å². The molecule has 4 bridgehead atoms. The summed E-state index contributed by atoms with van der Waals surface area (Å²) in [5, 5.41) is 0. The summed E-state index contributed by atoms with van der Waals surface area (Å²) in [5.74, 6) is 0.214. The molecule has 38 heavy (non-hydrogen) atoms. The number of hydrogen-bond donors (Lipinski definition) is 0. The third kappa shape index (κ3) is 6.50. The van der Waals surface area contributed by atoms with Crippen molar-refractivity contribution in [2.75, 3.05) is 26.4 Å². The molecule has 4 atom stereocenters. The molecule has 6 aliphatic rings. The molecule has 6 nitrogen and oxygen atoms in total. The highest BCUT2D eigenvalue weighted by molar-refractivity contribution is 5.87. The van der Waals surface area contributed by atoms with Gasteiger partial charge in [0.1, 0.15) is 5.60 Å². The van der Waals surface area contributed by atoms with E-state index in [9.17, 15) is 4.79 Å². The van der Waals surface area contributed by atoms with Gasteiger partial charge >= 0.3 is 5.97 Å². The molecule has 2 aliphatic heterocycles. The fourth-order valence-corrected chi connectivity index (χ4v) is 8.32. The standard InChI is InChI=1S/C32H52O6/c1-25(2)27(33)38-32-21-26-19-30(23-32,36-15-9-5-7-11-28(3)13-17-34-28)22-31(20-26,24-32)37-16-10-6-8-12-29(4)14-18-35-29/h26H,1,5-24H2,2-4H3. The summed E-state index contributed by atoms with van der Waals surface area (Å²) < 4.78 is 31.3. The molecule has 0 N–H and O–H groups in total. The Morgan fingerprint density at radius 3 is 1.63 bits per heavy atom. The van der Waals surface area contributed by atoms with Crippen LogP contribution in [0.2, 0.25) is 0 Å². The third-order valence-electron chi connectivity index (χ3n) is 10.3. The van der Waals surface area contributed by atoms with Crippen LogP contribution < -0.4 is 0 Å². The van der Waals surface area contributed by atoms with Crippen molar-refractivity contribution in [2.24, 2.45) is 5.92 Å². The number of rotatable bonds is 16. The monoisotopic (exact) mass is 532 g/mol. The average molecular weight is 533 g/mol. The molecule has 216 valence electrons. The van der Waals surface area contributed by atoms with E-state index in [1.807, 2.05) is 0 Å². The second kappa shape index (κ2) is 11.1. The lowest BCUT2D eigenvalue weighted by atomic mass is 9.50. The van der Waals surface area contributed by atoms with Crippen LogP contribution >= 0.6 is 0 Å². The first-order valence-electron chi connectivity index (χ1n) is 15.5. The van der Waals surface area contributed by atoms with Crippen LogP contribution in [-0.2, 0) is 28.5 Å². The van der Waals surface area contributed by atoms with Crippen molar-refractivity contribution in [3.63, 3.8) is 0 Å². The normalized spacial score (nSPS) is 41.0. The molecular weight excluding hydrogens is 480 g/mol. The van der Waals surface area contributed by atoms with Gasteiger partial charge in [-0.1, -0.05) is 32.3 Å². The number of hydrogen-bond acceptors (Lipinski definition) is 6. The molecule has 0 aromatic heterocycles. The Balaban J connectivity index is 1.15. The van der Waals surface area contributed by atoms with Crippen molar-refractivity contribution in [1.82, 2.24) is 0 Å². The molecule has 6 fully saturated rings. The summed E-state index contributed by atoms with van der Waals surface area (Å²) in [4.78, 5) is 12.7. The van der Waals surface area contributed by atoms with Crippen molar-refractivity contribution in [1.29, 1.82) is 0 Å². The first-order valence-corrected chi connectivity index (χ1v) is 15.5. The quantitative estimate of drug-likeness (QED) is 0.123. The second-order valence-electron chi connectivity index (χ2n) is 14.1. The minimum absolute atomic E-state index is 0.118. The first-order chi connectivity index (χ1) is 18.1. The molecule has 0 amide bonds. The zero-order chi connectivity index (χ0) is 26.9. The van der Waals surface area contributed by atoms with E-state index in [0.29, 0.717) is 11.5 Å². The molecule has 0 spiro atoms. The van der Waals surface area contributed by atoms with Crippen molar-refractivity contribution in [3.8, 4) is 0 Å². The number of esters is 1. The van der Waals surface area contributed by atoms with Gasteiger partial charge in [0.05, 0.1) is 35.6 Å². The van der Waals surface area contributed by atoms with Crippen LogP contribution in [0, 0.1) is 5.92 Å². The van der Waals surface area contributed by atoms with Crippen LogP contribution in [0.5, 0.6) is 0 Å². The maximum Gasteiger partial charge on any atom is 0.333 e. The highest BCUT2D eigenvalue weighted by Crippen LogP contribution is 2.63. The van der Waals surface area contributed by atoms with E-state index in [1.165, 1.54) is 38.5 Å². The highest BCUT2D eigenvalue weighted by atomic mass is 16.6. The first kappa shape index (κ1) is 28.6. The molecule has 6 heteroatoms. The van der Waals surface area contributed by atoms with Gasteiger partial charge in [-0.15, -0.1) is 0 Å². The Bertz CT molecular complexity index is 810. The Morgan fingerprint density at radius 2 is 1.21 bits per heavy atom. The van der Waals surface area contributed by atoms with Gasteiger partial charge in [-0.25, -0.2) is 4.79 Å². The number of carbonyl (C=O) groups excluding carboxylic acids is 1. The van der Waals surface area contributed by atoms with Gasteiger partial charge in [0.2, 0.25) is 0 Å². The highest BCUT2D eigenvalue weighted by Gasteiger charge is 2.66. The maximum absolute atomic E-state index is 12.7. The van der Waals surface area contributed by atoms with Crippen molar-refractivity contribution in [3.05, 3.63) is 12.2 Å². The van der Waals surface area contributed by atoms with Crippen molar-refractivity contribution in [2.45, 2.75) is 152 Å². The lowest BCUT2D eigenvalue weighted by molar-refractivity contribution is -0.283. The number of ether oxygens (including phenoxy) is 5. The van der Waals surface area contributed by atoms with Gasteiger partial charge in [0.15, 0.2) is 0 Å². The number of unbranched alkanes of at least 4 members (excludes halogenated alkanes) is 4. The van der Waals surface area contributed by atoms with E-state index < -0.39 is 5.60 Å². The molecule has 2 saturated heterocycles. The average Bonchev–Trinajstić information content (AvgIpc) is 2.80. The predicted octanol–water partition coefficient (Wildman–Crippen LogP) is 6.83. The third-order valence-corrected chi connectivity index (χ3v) is 10.3. The Morgan fingerprint density at radius 1 is 0.763 bits per heavy atom. The van der Waals surface area contributed by atoms with Crippen LogP contribution in [0.3, 0.4) is 0 Å². The van der Waals surface area contributed by atoms with Crippen LogP contribution in [0.15, 0.2) is 12.2 Å². The summed E-state index contributed by atoms with van der Waals surface area (Å²) in [6.07, 6.45) is 17.1. The van der Waals surface area contributed by atoms with Crippen LogP contribution in [0.25, 0.3) is 0 Å². The van der Waals surface area contributed by atoms with E-state index in [0.717, 1.165) is 90.6 Å². The molecule has 4 unspecified atom stereocenters. The molecule has 4 saturated carbocycles. The molecule has 2 heterocycles. The van der Waals surface area contributed by atoms with Gasteiger partial charge in [0, 0.05) is 38.0 Å². The van der Waals surface area contributed by atoms with E-state index in [1.54, 1.807) is 6.92 Å². The summed E-state index contributed by atoms with van der Waals surface area (Å²) >= 11 is 0. The summed E-state index contributed by atoms with van der Waals surface area (Å²) in [7, 11) is 0. The molecule has 0 aromatic carbocycles. The second-order valence-corrected chi connectivity index (χ2v) is 14.1. The summed E-state index contributed by atoms with van der Waals surface area (Å²) in [6.45, 7) is 13.4. The smallest absolute Gasteiger partial charge is 0.333 e. The maximum atomic E-state index is 12.7. The van der Waals surface area contributed by atoms with Gasteiger partial charge in [-0.2, -0.15) is 0 Å². The van der Waals surface area contributed by atoms with Gasteiger partial charge in [-0.05, 0) is 84.5 Å². The number of carbonyl (C=O) groups is 1. The Hall–Kier alpha value is -0.950. The Labute approximate surface area is 230 Å². The van der Waals surface area contributed by atoms with Crippen LogP contribution in [0.1, 0.15) is 124 Å². The minimum Gasteiger partial charge on any atom is -0.455 e. The molecule has 4 aliphatic carbocycles. The molecular formula is C32H52O6. The Kier molecular flexibility index (Phi) is 8.38. The SMILES string of the molecule is C=C(C)C(=O)OC12CC3CC(OCCCCCC4(C)CCO4)(CC(OCCCCCC4(C)CCO4)(C3)C1)C2. The molecule has 6 rings (SSSR count). The van der Waals surface area contributed by atoms with Crippen LogP contribution in [0.4, 0.5) is 0 Å². The summed E-state index contributed by atoms with van der Waals surface area (Å²) in [6, 6.07) is 0. The zero-order valence-corrected chi connectivity index (χ0v) is 24.4. The zero-order valence-electron chi connectivity index (χ0n) is 24.4. The van der Waals surface area contributed by atoms with E-state index in [2.05, 4.69) is 20.4 Å². The van der Waals surface area contributed by atoms with E-state index in [4.69, 9.17) is 23.7 Å². The fourth-order valence-electron chi connectivity index (χ4n) is 8.32. The van der Waals surface area contributed by atoms with Crippen LogP contribution in [-0.4, -0.2) is 60.4 Å². The summed E-state index contributed by atoms with van der Waals surface area (Å²) in [5.41, 5.74) is -0.261. The largest absolute Gasteiger partial charge is 0.455 e. The lowest BCUT2D eigenvalue weighted by Gasteiger charge is -2.64. The molecule has 0 aromatic rings. The van der Waals surface area contributed by atoms with Gasteiger partial charge in [0.25, 0.3) is 0 Å². The van der Waals surface area contributed by atoms with Gasteiger partial charge in [-0.3, -0.25) is 0 Å². The van der Waals surface area contributed by atoms with Crippen molar-refractivity contribution < 1.29 is 28.5 Å². The fraction of sp³-hybridized carbons (Fsp3) is 0.906. The van der Waals surface area contributed by atoms with Gasteiger partial charge < -0.3 is 23.7 Å². The minimum atomic E-state index is -0.484.